The van der Waals surface area contributed by atoms with E-state index in [2.05, 4.69) is 10.3 Å². The number of carbonyl (C=O) groups excluding carboxylic acids is 2. The number of primary amides is 1. The van der Waals surface area contributed by atoms with Gasteiger partial charge in [-0.05, 0) is 24.1 Å². The van der Waals surface area contributed by atoms with Crippen LogP contribution in [0.3, 0.4) is 0 Å². The number of amides is 2. The summed E-state index contributed by atoms with van der Waals surface area (Å²) < 4.78 is 0. The van der Waals surface area contributed by atoms with Crippen LogP contribution in [0.5, 0.6) is 0 Å². The molecule has 0 saturated heterocycles. The molecule has 0 bridgehead atoms. The van der Waals surface area contributed by atoms with Gasteiger partial charge in [-0.1, -0.05) is 6.07 Å². The molecule has 0 radical (unpaired) electrons. The molecule has 1 aliphatic heterocycles. The molecule has 0 atom stereocenters. The Hall–Kier alpha value is -2.21. The predicted octanol–water partition coefficient (Wildman–Crippen LogP) is 1.72. The fourth-order valence-electron chi connectivity index (χ4n) is 2.22. The van der Waals surface area contributed by atoms with Gasteiger partial charge in [0.1, 0.15) is 5.01 Å². The molecule has 102 valence electrons. The normalized spacial score (nSPS) is 13.7. The van der Waals surface area contributed by atoms with Crippen molar-refractivity contribution in [2.75, 3.05) is 5.32 Å². The maximum atomic E-state index is 11.3. The van der Waals surface area contributed by atoms with Gasteiger partial charge in [-0.3, -0.25) is 9.59 Å². The molecule has 2 aromatic rings. The van der Waals surface area contributed by atoms with E-state index in [9.17, 15) is 9.59 Å². The largest absolute Gasteiger partial charge is 0.369 e. The number of nitrogens with zero attached hydrogens (tertiary/aromatic N) is 1. The van der Waals surface area contributed by atoms with E-state index in [4.69, 9.17) is 5.73 Å². The number of hydrogen-bond donors (Lipinski definition) is 2. The van der Waals surface area contributed by atoms with Crippen molar-refractivity contribution >= 4 is 28.8 Å². The van der Waals surface area contributed by atoms with Gasteiger partial charge in [0, 0.05) is 23.1 Å². The predicted molar refractivity (Wildman–Crippen MR) is 77.4 cm³/mol. The first-order valence-electron chi connectivity index (χ1n) is 6.27. The highest BCUT2D eigenvalue weighted by molar-refractivity contribution is 7.10. The maximum Gasteiger partial charge on any atom is 0.224 e. The fourth-order valence-corrected chi connectivity index (χ4v) is 3.03. The molecule has 1 aromatic heterocycles. The highest BCUT2D eigenvalue weighted by atomic mass is 32.1. The number of anilines is 1. The lowest BCUT2D eigenvalue weighted by Gasteiger charge is -2.17. The van der Waals surface area contributed by atoms with Crippen LogP contribution in [0.25, 0.3) is 11.3 Å². The Balaban J connectivity index is 1.89. The van der Waals surface area contributed by atoms with Crippen LogP contribution in [0.4, 0.5) is 5.69 Å². The highest BCUT2D eigenvalue weighted by Crippen LogP contribution is 2.29. The first-order chi connectivity index (χ1) is 9.61. The van der Waals surface area contributed by atoms with Gasteiger partial charge in [0.2, 0.25) is 11.8 Å². The Kier molecular flexibility index (Phi) is 3.23. The molecule has 0 unspecified atom stereocenters. The Bertz CT molecular complexity index is 693. The average Bonchev–Trinajstić information content (AvgIpc) is 2.85. The van der Waals surface area contributed by atoms with Crippen molar-refractivity contribution in [3.63, 3.8) is 0 Å². The molecular formula is C14H13N3O2S. The van der Waals surface area contributed by atoms with Crippen molar-refractivity contribution in [3.05, 3.63) is 34.2 Å². The minimum absolute atomic E-state index is 0.0580. The van der Waals surface area contributed by atoms with Crippen LogP contribution < -0.4 is 11.1 Å². The van der Waals surface area contributed by atoms with E-state index in [1.165, 1.54) is 11.3 Å². The number of nitrogens with one attached hydrogen (secondary N) is 1. The van der Waals surface area contributed by atoms with E-state index >= 15 is 0 Å². The maximum absolute atomic E-state index is 11.3. The topological polar surface area (TPSA) is 85.1 Å². The summed E-state index contributed by atoms with van der Waals surface area (Å²) in [6, 6.07) is 5.86. The molecule has 0 saturated carbocycles. The van der Waals surface area contributed by atoms with E-state index in [-0.39, 0.29) is 18.2 Å². The monoisotopic (exact) mass is 287 g/mol. The van der Waals surface area contributed by atoms with Crippen LogP contribution in [0.15, 0.2) is 23.6 Å². The van der Waals surface area contributed by atoms with Gasteiger partial charge in [-0.25, -0.2) is 4.98 Å². The SMILES string of the molecule is NC(=O)Cc1nc(-c2ccc3c(c2)CCC(=O)N3)cs1. The highest BCUT2D eigenvalue weighted by Gasteiger charge is 2.16. The second-order valence-electron chi connectivity index (χ2n) is 4.69. The number of rotatable bonds is 3. The third kappa shape index (κ3) is 2.55. The van der Waals surface area contributed by atoms with Crippen molar-refractivity contribution in [2.45, 2.75) is 19.3 Å². The minimum atomic E-state index is -0.376. The molecule has 1 aromatic carbocycles. The van der Waals surface area contributed by atoms with Crippen molar-refractivity contribution in [2.24, 2.45) is 5.73 Å². The minimum Gasteiger partial charge on any atom is -0.369 e. The Morgan fingerprint density at radius 1 is 1.40 bits per heavy atom. The third-order valence-electron chi connectivity index (χ3n) is 3.17. The molecule has 0 spiro atoms. The summed E-state index contributed by atoms with van der Waals surface area (Å²) in [6.45, 7) is 0. The lowest BCUT2D eigenvalue weighted by Crippen LogP contribution is -2.18. The van der Waals surface area contributed by atoms with Gasteiger partial charge in [0.05, 0.1) is 12.1 Å². The molecular weight excluding hydrogens is 274 g/mol. The van der Waals surface area contributed by atoms with Gasteiger partial charge in [-0.2, -0.15) is 0 Å². The number of benzene rings is 1. The zero-order valence-electron chi connectivity index (χ0n) is 10.7. The fraction of sp³-hybridized carbons (Fsp3) is 0.214. The van der Waals surface area contributed by atoms with E-state index in [1.54, 1.807) is 0 Å². The molecule has 20 heavy (non-hydrogen) atoms. The van der Waals surface area contributed by atoms with Crippen molar-refractivity contribution in [3.8, 4) is 11.3 Å². The molecule has 3 rings (SSSR count). The Labute approximate surface area is 119 Å². The van der Waals surface area contributed by atoms with E-state index in [1.807, 2.05) is 23.6 Å². The smallest absolute Gasteiger partial charge is 0.224 e. The number of aryl methyl sites for hydroxylation is 1. The number of nitrogens with two attached hydrogens (primary N) is 1. The summed E-state index contributed by atoms with van der Waals surface area (Å²) in [5, 5.41) is 5.49. The summed E-state index contributed by atoms with van der Waals surface area (Å²) in [5.74, 6) is -0.318. The Morgan fingerprint density at radius 2 is 2.25 bits per heavy atom. The second-order valence-corrected chi connectivity index (χ2v) is 5.63. The van der Waals surface area contributed by atoms with Crippen LogP contribution in [-0.2, 0) is 22.4 Å². The number of aromatic nitrogens is 1. The lowest BCUT2D eigenvalue weighted by atomic mass is 9.99. The number of fused-ring (bicyclic) bond motifs is 1. The zero-order valence-corrected chi connectivity index (χ0v) is 11.5. The van der Waals surface area contributed by atoms with Crippen molar-refractivity contribution in [1.29, 1.82) is 0 Å². The van der Waals surface area contributed by atoms with Gasteiger partial charge in [-0.15, -0.1) is 11.3 Å². The standard InChI is InChI=1S/C14H13N3O2S/c15-12(18)6-14-17-11(7-20-14)9-1-3-10-8(5-9)2-4-13(19)16-10/h1,3,5,7H,2,4,6H2,(H2,15,18)(H,16,19). The quantitative estimate of drug-likeness (QED) is 0.901. The molecule has 2 amide bonds. The zero-order chi connectivity index (χ0) is 14.1. The number of hydrogen-bond acceptors (Lipinski definition) is 4. The molecule has 2 heterocycles. The van der Waals surface area contributed by atoms with E-state index in [0.29, 0.717) is 6.42 Å². The molecule has 5 nitrogen and oxygen atoms in total. The van der Waals surface area contributed by atoms with Crippen LogP contribution in [0.2, 0.25) is 0 Å². The van der Waals surface area contributed by atoms with Crippen LogP contribution in [-0.4, -0.2) is 16.8 Å². The lowest BCUT2D eigenvalue weighted by molar-refractivity contribution is -0.117. The molecule has 1 aliphatic rings. The van der Waals surface area contributed by atoms with E-state index < -0.39 is 0 Å². The van der Waals surface area contributed by atoms with Crippen LogP contribution in [0, 0.1) is 0 Å². The third-order valence-corrected chi connectivity index (χ3v) is 4.02. The van der Waals surface area contributed by atoms with Gasteiger partial charge in [0.25, 0.3) is 0 Å². The molecule has 3 N–H and O–H groups in total. The van der Waals surface area contributed by atoms with Crippen LogP contribution in [0.1, 0.15) is 17.0 Å². The summed E-state index contributed by atoms with van der Waals surface area (Å²) in [7, 11) is 0. The van der Waals surface area contributed by atoms with Crippen LogP contribution >= 0.6 is 11.3 Å². The van der Waals surface area contributed by atoms with E-state index in [0.717, 1.165) is 33.9 Å². The first kappa shape index (κ1) is 12.8. The first-order valence-corrected chi connectivity index (χ1v) is 7.15. The Morgan fingerprint density at radius 3 is 3.05 bits per heavy atom. The van der Waals surface area contributed by atoms with Gasteiger partial charge >= 0.3 is 0 Å². The summed E-state index contributed by atoms with van der Waals surface area (Å²) in [4.78, 5) is 26.6. The van der Waals surface area contributed by atoms with Gasteiger partial charge < -0.3 is 11.1 Å². The summed E-state index contributed by atoms with van der Waals surface area (Å²) in [6.07, 6.45) is 1.43. The summed E-state index contributed by atoms with van der Waals surface area (Å²) in [5.41, 5.74) is 8.99. The average molecular weight is 287 g/mol. The van der Waals surface area contributed by atoms with Crippen molar-refractivity contribution in [1.82, 2.24) is 4.98 Å². The molecule has 0 fully saturated rings. The second kappa shape index (κ2) is 5.05. The summed E-state index contributed by atoms with van der Waals surface area (Å²) >= 11 is 1.43. The molecule has 0 aliphatic carbocycles. The van der Waals surface area contributed by atoms with Gasteiger partial charge in [0.15, 0.2) is 0 Å². The molecule has 6 heteroatoms. The number of thiazole rings is 1. The number of carbonyl (C=O) groups is 2. The van der Waals surface area contributed by atoms with Crippen molar-refractivity contribution < 1.29 is 9.59 Å².